The molecule has 7 nitrogen and oxygen atoms in total. The molecule has 0 radical (unpaired) electrons. The number of nitrogens with two attached hydrogens (primary N) is 1. The number of rotatable bonds is 0. The summed E-state index contributed by atoms with van der Waals surface area (Å²) in [5, 5.41) is 0. The van der Waals surface area contributed by atoms with E-state index < -0.39 is 15.2 Å². The van der Waals surface area contributed by atoms with E-state index in [0.29, 0.717) is 0 Å². The fourth-order valence-corrected chi connectivity index (χ4v) is 0. The van der Waals surface area contributed by atoms with E-state index in [2.05, 4.69) is 5.73 Å². The van der Waals surface area contributed by atoms with Gasteiger partial charge < -0.3 is 25.3 Å². The third-order valence-electron chi connectivity index (χ3n) is 0. The van der Waals surface area contributed by atoms with E-state index in [1.54, 1.807) is 0 Å². The van der Waals surface area contributed by atoms with E-state index in [-0.39, 0.29) is 0 Å². The van der Waals surface area contributed by atoms with Gasteiger partial charge in [0.05, 0.1) is 0 Å². The first-order chi connectivity index (χ1) is 5.00. The molecule has 0 unspecified atom stereocenters. The Balaban J connectivity index is -0.000000112. The zero-order chi connectivity index (χ0) is 11.0. The Labute approximate surface area is 70.9 Å². The van der Waals surface area contributed by atoms with Crippen LogP contribution in [0.5, 0.6) is 0 Å². The molecule has 0 aliphatic rings. The molecule has 9 heteroatoms. The highest BCUT2D eigenvalue weighted by atomic mass is 31.2. The van der Waals surface area contributed by atoms with Gasteiger partial charge in [-0.2, -0.15) is 0 Å². The van der Waals surface area contributed by atoms with Crippen molar-refractivity contribution >= 4 is 15.2 Å². The van der Waals surface area contributed by atoms with Gasteiger partial charge in [0.2, 0.25) is 0 Å². The average Bonchev–Trinajstić information content (AvgIpc) is 1.59. The second-order valence-corrected chi connectivity index (χ2v) is 5.01. The molecular formula is C3H15NO6P2. The van der Waals surface area contributed by atoms with E-state index in [1.165, 1.54) is 7.05 Å². The Bertz CT molecular complexity index is 133. The Morgan fingerprint density at radius 2 is 0.833 bits per heavy atom. The average molecular weight is 223 g/mol. The highest BCUT2D eigenvalue weighted by molar-refractivity contribution is 7.51. The van der Waals surface area contributed by atoms with Crippen LogP contribution < -0.4 is 5.73 Å². The van der Waals surface area contributed by atoms with Crippen molar-refractivity contribution in [1.29, 1.82) is 0 Å². The Morgan fingerprint density at radius 3 is 0.833 bits per heavy atom. The molecule has 0 saturated carbocycles. The lowest BCUT2D eigenvalue weighted by Gasteiger charge is -1.84. The summed E-state index contributed by atoms with van der Waals surface area (Å²) < 4.78 is 18.7. The summed E-state index contributed by atoms with van der Waals surface area (Å²) in [5.41, 5.74) is 4.50. The molecule has 0 aliphatic heterocycles. The van der Waals surface area contributed by atoms with Crippen LogP contribution in [-0.4, -0.2) is 40.0 Å². The minimum absolute atomic E-state index is 0.854. The second kappa shape index (κ2) is 7.89. The summed E-state index contributed by atoms with van der Waals surface area (Å²) >= 11 is 0. The first-order valence-electron chi connectivity index (χ1n) is 2.64. The van der Waals surface area contributed by atoms with Crippen molar-refractivity contribution in [3.8, 4) is 0 Å². The highest BCUT2D eigenvalue weighted by Crippen LogP contribution is 2.27. The minimum Gasteiger partial charge on any atom is -0.333 e. The maximum Gasteiger partial charge on any atom is 0.322 e. The third kappa shape index (κ3) is 13000. The summed E-state index contributed by atoms with van der Waals surface area (Å²) in [4.78, 5) is 30.5. The van der Waals surface area contributed by atoms with Gasteiger partial charge in [0.1, 0.15) is 0 Å². The van der Waals surface area contributed by atoms with Crippen LogP contribution in [0.1, 0.15) is 0 Å². The van der Waals surface area contributed by atoms with Crippen LogP contribution in [0.2, 0.25) is 0 Å². The molecule has 0 atom stereocenters. The van der Waals surface area contributed by atoms with E-state index in [0.717, 1.165) is 13.3 Å². The van der Waals surface area contributed by atoms with Crippen LogP contribution >= 0.6 is 15.2 Å². The molecule has 6 N–H and O–H groups in total. The van der Waals surface area contributed by atoms with Crippen molar-refractivity contribution in [1.82, 2.24) is 0 Å². The molecule has 0 bridgehead atoms. The van der Waals surface area contributed by atoms with Gasteiger partial charge in [-0.05, 0) is 7.05 Å². The molecule has 0 amide bonds. The molecule has 0 fully saturated rings. The van der Waals surface area contributed by atoms with Gasteiger partial charge in [0.25, 0.3) is 0 Å². The molecular weight excluding hydrogens is 208 g/mol. The van der Waals surface area contributed by atoms with Gasteiger partial charge in [-0.1, -0.05) is 0 Å². The largest absolute Gasteiger partial charge is 0.333 e. The van der Waals surface area contributed by atoms with Crippen LogP contribution in [-0.2, 0) is 9.13 Å². The van der Waals surface area contributed by atoms with Gasteiger partial charge in [0.15, 0.2) is 0 Å². The maximum atomic E-state index is 9.33. The van der Waals surface area contributed by atoms with Crippen molar-refractivity contribution in [3.63, 3.8) is 0 Å². The quantitative estimate of drug-likeness (QED) is 0.337. The monoisotopic (exact) mass is 223 g/mol. The molecule has 0 aromatic carbocycles. The van der Waals surface area contributed by atoms with Gasteiger partial charge in [-0.25, -0.2) is 0 Å². The molecule has 0 heterocycles. The van der Waals surface area contributed by atoms with Crippen molar-refractivity contribution in [2.45, 2.75) is 0 Å². The molecule has 0 aliphatic carbocycles. The lowest BCUT2D eigenvalue weighted by Crippen LogP contribution is -1.69. The van der Waals surface area contributed by atoms with Crippen molar-refractivity contribution in [3.05, 3.63) is 0 Å². The number of hydrogen-bond donors (Lipinski definition) is 5. The topological polar surface area (TPSA) is 141 Å². The standard InChI is InChI=1S/CH5N.2CH5O3P/c1-2;2*1-5(2,3)4/h2H2,1H3;2*1H3,(H2,2,3,4). The maximum absolute atomic E-state index is 9.33. The summed E-state index contributed by atoms with van der Waals surface area (Å²) in [6, 6.07) is 0. The van der Waals surface area contributed by atoms with Gasteiger partial charge in [-0.3, -0.25) is 9.13 Å². The van der Waals surface area contributed by atoms with E-state index >= 15 is 0 Å². The molecule has 0 rings (SSSR count). The molecule has 78 valence electrons. The molecule has 12 heavy (non-hydrogen) atoms. The molecule has 0 spiro atoms. The summed E-state index contributed by atoms with van der Waals surface area (Å²) in [7, 11) is -5.78. The Hall–Kier alpha value is 0.260. The summed E-state index contributed by atoms with van der Waals surface area (Å²) in [6.07, 6.45) is 0. The van der Waals surface area contributed by atoms with Crippen LogP contribution in [0, 0.1) is 0 Å². The van der Waals surface area contributed by atoms with Crippen molar-refractivity contribution in [2.24, 2.45) is 5.73 Å². The predicted octanol–water partition coefficient (Wildman–Crippen LogP) is -0.837. The van der Waals surface area contributed by atoms with Crippen molar-refractivity contribution in [2.75, 3.05) is 20.4 Å². The molecule has 0 aromatic heterocycles. The molecule has 0 aromatic rings. The van der Waals surface area contributed by atoms with E-state index in [9.17, 15) is 9.13 Å². The highest BCUT2D eigenvalue weighted by Gasteiger charge is 1.96. The number of hydrogen-bond acceptors (Lipinski definition) is 3. The van der Waals surface area contributed by atoms with Crippen LogP contribution in [0.25, 0.3) is 0 Å². The SMILES string of the molecule is CN.CP(=O)(O)O.CP(=O)(O)O. The second-order valence-electron chi connectivity index (χ2n) is 1.67. The van der Waals surface area contributed by atoms with Crippen LogP contribution in [0.15, 0.2) is 0 Å². The molecule has 0 saturated heterocycles. The van der Waals surface area contributed by atoms with Crippen LogP contribution in [0.3, 0.4) is 0 Å². The normalized spacial score (nSPS) is 10.3. The fourth-order valence-electron chi connectivity index (χ4n) is 0. The lowest BCUT2D eigenvalue weighted by molar-refractivity contribution is 0.379. The van der Waals surface area contributed by atoms with Crippen LogP contribution in [0.4, 0.5) is 0 Å². The van der Waals surface area contributed by atoms with E-state index in [4.69, 9.17) is 19.6 Å². The Morgan fingerprint density at radius 1 is 0.833 bits per heavy atom. The van der Waals surface area contributed by atoms with E-state index in [1.807, 2.05) is 0 Å². The Kier molecular flexibility index (Phi) is 11.9. The minimum atomic E-state index is -3.64. The van der Waals surface area contributed by atoms with Gasteiger partial charge in [0, 0.05) is 13.3 Å². The first kappa shape index (κ1) is 18.1. The first-order valence-corrected chi connectivity index (χ1v) is 6.76. The van der Waals surface area contributed by atoms with Crippen molar-refractivity contribution < 1.29 is 28.7 Å². The predicted molar refractivity (Wildman–Crippen MR) is 46.0 cm³/mol. The third-order valence-corrected chi connectivity index (χ3v) is 0. The zero-order valence-electron chi connectivity index (χ0n) is 7.08. The zero-order valence-corrected chi connectivity index (χ0v) is 8.87. The smallest absolute Gasteiger partial charge is 0.322 e. The van der Waals surface area contributed by atoms with Gasteiger partial charge >= 0.3 is 15.2 Å². The lowest BCUT2D eigenvalue weighted by atomic mass is 11.6. The summed E-state index contributed by atoms with van der Waals surface area (Å²) in [5.74, 6) is 0. The van der Waals surface area contributed by atoms with Gasteiger partial charge in [-0.15, -0.1) is 0 Å². The summed E-state index contributed by atoms with van der Waals surface area (Å²) in [6.45, 7) is 1.71. The fraction of sp³-hybridized carbons (Fsp3) is 1.00.